The van der Waals surface area contributed by atoms with Crippen LogP contribution in [0.1, 0.15) is 54.5 Å². The molecule has 7 nitrogen and oxygen atoms in total. The Morgan fingerprint density at radius 3 is 2.60 bits per heavy atom. The van der Waals surface area contributed by atoms with Crippen molar-refractivity contribution in [2.45, 2.75) is 33.6 Å². The van der Waals surface area contributed by atoms with E-state index in [1.165, 1.54) is 18.3 Å². The molecule has 7 heteroatoms. The Balaban J connectivity index is 1.94. The molecule has 0 saturated carbocycles. The molecular weight excluding hydrogens is 322 g/mol. The topological polar surface area (TPSA) is 99.6 Å². The molecule has 0 bridgehead atoms. The molecule has 2 rings (SSSR count). The van der Waals surface area contributed by atoms with E-state index in [9.17, 15) is 14.4 Å². The molecule has 1 unspecified atom stereocenters. The van der Waals surface area contributed by atoms with Gasteiger partial charge in [0.1, 0.15) is 5.69 Å². The summed E-state index contributed by atoms with van der Waals surface area (Å²) < 4.78 is 0. The van der Waals surface area contributed by atoms with E-state index in [2.05, 4.69) is 10.3 Å². The molecule has 1 aromatic rings. The van der Waals surface area contributed by atoms with E-state index in [0.717, 1.165) is 12.8 Å². The second-order valence-corrected chi connectivity index (χ2v) is 7.46. The Bertz CT molecular complexity index is 649. The van der Waals surface area contributed by atoms with Crippen LogP contribution in [0.4, 0.5) is 0 Å². The highest BCUT2D eigenvalue weighted by atomic mass is 16.4. The minimum Gasteiger partial charge on any atom is -0.477 e. The fraction of sp³-hybridized carbons (Fsp3) is 0.556. The van der Waals surface area contributed by atoms with E-state index in [1.807, 2.05) is 20.8 Å². The van der Waals surface area contributed by atoms with Crippen LogP contribution in [0.5, 0.6) is 0 Å². The van der Waals surface area contributed by atoms with Crippen LogP contribution >= 0.6 is 0 Å². The average Bonchev–Trinajstić information content (AvgIpc) is 2.58. The predicted octanol–water partition coefficient (Wildman–Crippen LogP) is 1.79. The van der Waals surface area contributed by atoms with Gasteiger partial charge in [0.15, 0.2) is 0 Å². The van der Waals surface area contributed by atoms with E-state index >= 15 is 0 Å². The van der Waals surface area contributed by atoms with Gasteiger partial charge in [-0.3, -0.25) is 9.59 Å². The molecule has 1 atom stereocenters. The van der Waals surface area contributed by atoms with Gasteiger partial charge in [-0.05, 0) is 30.9 Å². The number of likely N-dealkylation sites (tertiary alicyclic amines) is 1. The maximum absolute atomic E-state index is 12.6. The highest BCUT2D eigenvalue weighted by molar-refractivity contribution is 5.95. The van der Waals surface area contributed by atoms with Gasteiger partial charge in [0.25, 0.3) is 5.91 Å². The molecular formula is C18H25N3O4. The van der Waals surface area contributed by atoms with Crippen LogP contribution in [0, 0.1) is 11.3 Å². The van der Waals surface area contributed by atoms with Crippen LogP contribution < -0.4 is 5.32 Å². The summed E-state index contributed by atoms with van der Waals surface area (Å²) in [5.74, 6) is -1.05. The third-order valence-electron chi connectivity index (χ3n) is 4.27. The standard InChI is InChI=1S/C18H25N3O4/c1-18(2,3)17(25)20-9-12-5-4-8-21(11-12)15(22)13-6-7-14(16(23)24)19-10-13/h6-7,10,12H,4-5,8-9,11H2,1-3H3,(H,20,25)(H,23,24). The molecule has 1 aliphatic rings. The van der Waals surface area contributed by atoms with Crippen LogP contribution in [-0.2, 0) is 4.79 Å². The van der Waals surface area contributed by atoms with Crippen LogP contribution in [-0.4, -0.2) is 52.4 Å². The third kappa shape index (κ3) is 5.01. The van der Waals surface area contributed by atoms with Crippen LogP contribution in [0.15, 0.2) is 18.3 Å². The third-order valence-corrected chi connectivity index (χ3v) is 4.27. The average molecular weight is 347 g/mol. The van der Waals surface area contributed by atoms with Gasteiger partial charge in [0.2, 0.25) is 5.91 Å². The SMILES string of the molecule is CC(C)(C)C(=O)NCC1CCCN(C(=O)c2ccc(C(=O)O)nc2)C1. The quantitative estimate of drug-likeness (QED) is 0.865. The minimum absolute atomic E-state index is 0.00408. The molecule has 0 aliphatic carbocycles. The molecule has 136 valence electrons. The van der Waals surface area contributed by atoms with E-state index in [4.69, 9.17) is 5.11 Å². The normalized spacial score (nSPS) is 17.9. The van der Waals surface area contributed by atoms with Crippen molar-refractivity contribution in [3.05, 3.63) is 29.6 Å². The lowest BCUT2D eigenvalue weighted by Gasteiger charge is -2.33. The predicted molar refractivity (Wildman–Crippen MR) is 92.3 cm³/mol. The molecule has 1 fully saturated rings. The number of carboxylic acids is 1. The summed E-state index contributed by atoms with van der Waals surface area (Å²) >= 11 is 0. The molecule has 0 spiro atoms. The van der Waals surface area contributed by atoms with Crippen molar-refractivity contribution in [3.8, 4) is 0 Å². The van der Waals surface area contributed by atoms with Crippen LogP contribution in [0.2, 0.25) is 0 Å². The number of aromatic nitrogens is 1. The molecule has 1 aromatic heterocycles. The number of aromatic carboxylic acids is 1. The molecule has 0 radical (unpaired) electrons. The summed E-state index contributed by atoms with van der Waals surface area (Å²) in [6, 6.07) is 2.82. The fourth-order valence-electron chi connectivity index (χ4n) is 2.75. The summed E-state index contributed by atoms with van der Waals surface area (Å²) in [4.78, 5) is 40.9. The Kier molecular flexibility index (Phi) is 5.77. The van der Waals surface area contributed by atoms with Crippen molar-refractivity contribution in [1.82, 2.24) is 15.2 Å². The van der Waals surface area contributed by atoms with E-state index < -0.39 is 11.4 Å². The summed E-state index contributed by atoms with van der Waals surface area (Å²) in [6.07, 6.45) is 3.14. The van der Waals surface area contributed by atoms with E-state index in [-0.39, 0.29) is 23.4 Å². The van der Waals surface area contributed by atoms with Crippen molar-refractivity contribution < 1.29 is 19.5 Å². The maximum Gasteiger partial charge on any atom is 0.354 e. The van der Waals surface area contributed by atoms with Crippen molar-refractivity contribution in [1.29, 1.82) is 0 Å². The van der Waals surface area contributed by atoms with E-state index in [1.54, 1.807) is 4.90 Å². The highest BCUT2D eigenvalue weighted by Gasteiger charge is 2.27. The zero-order valence-electron chi connectivity index (χ0n) is 14.9. The van der Waals surface area contributed by atoms with Crippen molar-refractivity contribution in [2.24, 2.45) is 11.3 Å². The van der Waals surface area contributed by atoms with E-state index in [0.29, 0.717) is 25.2 Å². The number of hydrogen-bond donors (Lipinski definition) is 2. The lowest BCUT2D eigenvalue weighted by molar-refractivity contribution is -0.128. The molecule has 1 aliphatic heterocycles. The first kappa shape index (κ1) is 18.9. The highest BCUT2D eigenvalue weighted by Crippen LogP contribution is 2.19. The summed E-state index contributed by atoms with van der Waals surface area (Å²) in [6.45, 7) is 7.38. The van der Waals surface area contributed by atoms with Gasteiger partial charge in [-0.2, -0.15) is 0 Å². The number of rotatable bonds is 4. The first-order valence-electron chi connectivity index (χ1n) is 8.45. The van der Waals surface area contributed by atoms with Crippen molar-refractivity contribution in [2.75, 3.05) is 19.6 Å². The second-order valence-electron chi connectivity index (χ2n) is 7.46. The number of amides is 2. The van der Waals surface area contributed by atoms with Gasteiger partial charge >= 0.3 is 5.97 Å². The number of pyridine rings is 1. The minimum atomic E-state index is -1.12. The molecule has 1 saturated heterocycles. The first-order chi connectivity index (χ1) is 11.7. The Morgan fingerprint density at radius 1 is 1.32 bits per heavy atom. The molecule has 0 aromatic carbocycles. The Labute approximate surface area is 147 Å². The second kappa shape index (κ2) is 7.63. The van der Waals surface area contributed by atoms with Crippen molar-refractivity contribution in [3.63, 3.8) is 0 Å². The molecule has 2 N–H and O–H groups in total. The number of nitrogens with zero attached hydrogens (tertiary/aromatic N) is 2. The number of carbonyl (C=O) groups is 3. The summed E-state index contributed by atoms with van der Waals surface area (Å²) in [5.41, 5.74) is -0.135. The number of carboxylic acid groups (broad SMARTS) is 1. The monoisotopic (exact) mass is 347 g/mol. The van der Waals surface area contributed by atoms with Crippen LogP contribution in [0.25, 0.3) is 0 Å². The molecule has 2 amide bonds. The van der Waals surface area contributed by atoms with Gasteiger partial charge in [0.05, 0.1) is 5.56 Å². The van der Waals surface area contributed by atoms with Gasteiger partial charge in [-0.1, -0.05) is 20.8 Å². The lowest BCUT2D eigenvalue weighted by Crippen LogP contribution is -2.45. The molecule has 2 heterocycles. The Hall–Kier alpha value is -2.44. The fourth-order valence-corrected chi connectivity index (χ4v) is 2.75. The largest absolute Gasteiger partial charge is 0.477 e. The van der Waals surface area contributed by atoms with Gasteiger partial charge < -0.3 is 15.3 Å². The van der Waals surface area contributed by atoms with Gasteiger partial charge in [-0.25, -0.2) is 9.78 Å². The summed E-state index contributed by atoms with van der Waals surface area (Å²) in [7, 11) is 0. The summed E-state index contributed by atoms with van der Waals surface area (Å²) in [5, 5.41) is 11.8. The Morgan fingerprint density at radius 2 is 2.04 bits per heavy atom. The van der Waals surface area contributed by atoms with Crippen molar-refractivity contribution >= 4 is 17.8 Å². The lowest BCUT2D eigenvalue weighted by atomic mass is 9.94. The van der Waals surface area contributed by atoms with Crippen LogP contribution in [0.3, 0.4) is 0 Å². The zero-order chi connectivity index (χ0) is 18.6. The van der Waals surface area contributed by atoms with Gasteiger partial charge in [-0.15, -0.1) is 0 Å². The number of hydrogen-bond acceptors (Lipinski definition) is 4. The molecule has 25 heavy (non-hydrogen) atoms. The number of carbonyl (C=O) groups excluding carboxylic acids is 2. The maximum atomic E-state index is 12.6. The number of piperidine rings is 1. The zero-order valence-corrected chi connectivity index (χ0v) is 14.9. The number of nitrogens with one attached hydrogen (secondary N) is 1. The first-order valence-corrected chi connectivity index (χ1v) is 8.45. The smallest absolute Gasteiger partial charge is 0.354 e. The van der Waals surface area contributed by atoms with Gasteiger partial charge in [0, 0.05) is 31.2 Å².